The van der Waals surface area contributed by atoms with E-state index in [0.717, 1.165) is 0 Å². The zero-order valence-corrected chi connectivity index (χ0v) is 10.6. The van der Waals surface area contributed by atoms with Crippen molar-refractivity contribution < 1.29 is 14.7 Å². The fraction of sp³-hybridized carbons (Fsp3) is 0.667. The first-order valence-electron chi connectivity index (χ1n) is 5.68. The molecule has 0 aromatic heterocycles. The summed E-state index contributed by atoms with van der Waals surface area (Å²) < 4.78 is 0. The summed E-state index contributed by atoms with van der Waals surface area (Å²) in [5.74, 6) is 4.68. The first-order valence-corrected chi connectivity index (χ1v) is 5.68. The number of carbonyl (C=O) groups excluding carboxylic acids is 1. The molecule has 0 aliphatic carbocycles. The molecule has 0 saturated heterocycles. The Labute approximate surface area is 102 Å². The molecule has 0 radical (unpaired) electrons. The van der Waals surface area contributed by atoms with Gasteiger partial charge < -0.3 is 15.3 Å². The molecule has 1 atom stereocenters. The molecule has 1 unspecified atom stereocenters. The lowest BCUT2D eigenvalue weighted by atomic mass is 10.2. The van der Waals surface area contributed by atoms with Crippen molar-refractivity contribution in [3.8, 4) is 11.8 Å². The van der Waals surface area contributed by atoms with E-state index in [2.05, 4.69) is 17.2 Å². The quantitative estimate of drug-likeness (QED) is 0.543. The van der Waals surface area contributed by atoms with Gasteiger partial charge in [0.2, 0.25) is 0 Å². The van der Waals surface area contributed by atoms with Crippen molar-refractivity contribution >= 4 is 12.0 Å². The molecule has 0 aliphatic heterocycles. The van der Waals surface area contributed by atoms with Crippen LogP contribution >= 0.6 is 0 Å². The molecule has 2 N–H and O–H groups in total. The summed E-state index contributed by atoms with van der Waals surface area (Å²) in [6.07, 6.45) is 0.559. The highest BCUT2D eigenvalue weighted by atomic mass is 16.4. The molecule has 96 valence electrons. The van der Waals surface area contributed by atoms with Gasteiger partial charge in [-0.1, -0.05) is 0 Å². The predicted octanol–water partition coefficient (Wildman–Crippen LogP) is 1.29. The Balaban J connectivity index is 4.18. The Hall–Kier alpha value is -1.70. The molecule has 0 aliphatic rings. The summed E-state index contributed by atoms with van der Waals surface area (Å²) in [4.78, 5) is 23.8. The lowest BCUT2D eigenvalue weighted by Gasteiger charge is -2.27. The Morgan fingerprint density at radius 3 is 2.59 bits per heavy atom. The molecule has 0 aromatic carbocycles. The largest absolute Gasteiger partial charge is 0.481 e. The average molecular weight is 240 g/mol. The Bertz CT molecular complexity index is 317. The van der Waals surface area contributed by atoms with Gasteiger partial charge in [-0.2, -0.15) is 0 Å². The van der Waals surface area contributed by atoms with E-state index in [9.17, 15) is 9.59 Å². The number of nitrogens with one attached hydrogen (secondary N) is 1. The maximum absolute atomic E-state index is 11.7. The standard InChI is InChI=1S/C12H20N2O3/c1-4-6-7-8-13-12(17)14(5-2)10(3)9-11(15)16/h10H,5,7-9H2,1-3H3,(H,13,17)(H,15,16). The topological polar surface area (TPSA) is 69.6 Å². The highest BCUT2D eigenvalue weighted by molar-refractivity contribution is 5.75. The van der Waals surface area contributed by atoms with Crippen molar-refractivity contribution in [3.05, 3.63) is 0 Å². The monoisotopic (exact) mass is 240 g/mol. The summed E-state index contributed by atoms with van der Waals surface area (Å²) in [6.45, 7) is 6.26. The highest BCUT2D eigenvalue weighted by Gasteiger charge is 2.19. The van der Waals surface area contributed by atoms with Gasteiger partial charge in [-0.15, -0.1) is 11.8 Å². The number of amides is 2. The average Bonchev–Trinajstić information content (AvgIpc) is 2.24. The Morgan fingerprint density at radius 1 is 1.47 bits per heavy atom. The van der Waals surface area contributed by atoms with E-state index >= 15 is 0 Å². The number of rotatable bonds is 6. The van der Waals surface area contributed by atoms with E-state index in [1.807, 2.05) is 6.92 Å². The Morgan fingerprint density at radius 2 is 2.12 bits per heavy atom. The molecule has 0 saturated carbocycles. The summed E-state index contributed by atoms with van der Waals surface area (Å²) >= 11 is 0. The van der Waals surface area contributed by atoms with Crippen LogP contribution in [0.5, 0.6) is 0 Å². The van der Waals surface area contributed by atoms with Crippen LogP contribution in [0.3, 0.4) is 0 Å². The molecular weight excluding hydrogens is 220 g/mol. The van der Waals surface area contributed by atoms with Gasteiger partial charge in [-0.25, -0.2) is 4.79 Å². The third kappa shape index (κ3) is 6.46. The van der Waals surface area contributed by atoms with Crippen LogP contribution in [-0.2, 0) is 4.79 Å². The normalized spacial score (nSPS) is 11.0. The number of carboxylic acid groups (broad SMARTS) is 1. The minimum atomic E-state index is -0.902. The number of nitrogens with zero attached hydrogens (tertiary/aromatic N) is 1. The van der Waals surface area contributed by atoms with Gasteiger partial charge in [0.1, 0.15) is 0 Å². The number of hydrogen-bond donors (Lipinski definition) is 2. The highest BCUT2D eigenvalue weighted by Crippen LogP contribution is 2.04. The van der Waals surface area contributed by atoms with Crippen LogP contribution in [0.2, 0.25) is 0 Å². The minimum Gasteiger partial charge on any atom is -0.481 e. The molecule has 0 aromatic rings. The second kappa shape index (κ2) is 8.45. The van der Waals surface area contributed by atoms with Crippen LogP contribution in [-0.4, -0.2) is 41.1 Å². The van der Waals surface area contributed by atoms with Gasteiger partial charge in [-0.05, 0) is 20.8 Å². The number of carbonyl (C=O) groups is 2. The third-order valence-electron chi connectivity index (χ3n) is 2.31. The van der Waals surface area contributed by atoms with Crippen LogP contribution in [0.4, 0.5) is 4.79 Å². The molecular formula is C12H20N2O3. The zero-order valence-electron chi connectivity index (χ0n) is 10.6. The number of aliphatic carboxylic acids is 1. The molecule has 2 amide bonds. The van der Waals surface area contributed by atoms with Crippen molar-refractivity contribution in [2.45, 2.75) is 39.7 Å². The first-order chi connectivity index (χ1) is 8.02. The lowest BCUT2D eigenvalue weighted by Crippen LogP contribution is -2.45. The summed E-state index contributed by atoms with van der Waals surface area (Å²) in [5.41, 5.74) is 0. The van der Waals surface area contributed by atoms with E-state index < -0.39 is 5.97 Å². The maximum Gasteiger partial charge on any atom is 0.317 e. The van der Waals surface area contributed by atoms with Gasteiger partial charge in [0.15, 0.2) is 0 Å². The van der Waals surface area contributed by atoms with E-state index in [-0.39, 0.29) is 18.5 Å². The van der Waals surface area contributed by atoms with E-state index in [1.165, 1.54) is 4.90 Å². The minimum absolute atomic E-state index is 0.0456. The zero-order chi connectivity index (χ0) is 13.3. The van der Waals surface area contributed by atoms with Gasteiger partial charge in [0, 0.05) is 25.6 Å². The molecule has 17 heavy (non-hydrogen) atoms. The maximum atomic E-state index is 11.7. The fourth-order valence-electron chi connectivity index (χ4n) is 1.48. The second-order valence-electron chi connectivity index (χ2n) is 3.64. The van der Waals surface area contributed by atoms with Crippen LogP contribution in [0.15, 0.2) is 0 Å². The van der Waals surface area contributed by atoms with Gasteiger partial charge in [-0.3, -0.25) is 4.79 Å². The SMILES string of the molecule is CC#CCCNC(=O)N(CC)C(C)CC(=O)O. The van der Waals surface area contributed by atoms with Crippen LogP contribution < -0.4 is 5.32 Å². The second-order valence-corrected chi connectivity index (χ2v) is 3.64. The molecule has 5 heteroatoms. The lowest BCUT2D eigenvalue weighted by molar-refractivity contribution is -0.138. The Kier molecular flexibility index (Phi) is 7.61. The third-order valence-corrected chi connectivity index (χ3v) is 2.31. The van der Waals surface area contributed by atoms with Crippen LogP contribution in [0, 0.1) is 11.8 Å². The number of hydrogen-bond acceptors (Lipinski definition) is 2. The number of carboxylic acids is 1. The summed E-state index contributed by atoms with van der Waals surface area (Å²) in [7, 11) is 0. The van der Waals surface area contributed by atoms with E-state index in [1.54, 1.807) is 13.8 Å². The van der Waals surface area contributed by atoms with Crippen molar-refractivity contribution in [3.63, 3.8) is 0 Å². The number of urea groups is 1. The molecule has 0 spiro atoms. The van der Waals surface area contributed by atoms with Crippen molar-refractivity contribution in [1.29, 1.82) is 0 Å². The van der Waals surface area contributed by atoms with Crippen LogP contribution in [0.25, 0.3) is 0 Å². The van der Waals surface area contributed by atoms with Gasteiger partial charge >= 0.3 is 12.0 Å². The summed E-state index contributed by atoms with van der Waals surface area (Å²) in [5, 5.41) is 11.4. The van der Waals surface area contributed by atoms with Crippen molar-refractivity contribution in [2.24, 2.45) is 0 Å². The molecule has 0 rings (SSSR count). The summed E-state index contributed by atoms with van der Waals surface area (Å²) in [6, 6.07) is -0.547. The van der Waals surface area contributed by atoms with Crippen molar-refractivity contribution in [2.75, 3.05) is 13.1 Å². The van der Waals surface area contributed by atoms with Crippen molar-refractivity contribution in [1.82, 2.24) is 10.2 Å². The molecule has 5 nitrogen and oxygen atoms in total. The van der Waals surface area contributed by atoms with E-state index in [4.69, 9.17) is 5.11 Å². The fourth-order valence-corrected chi connectivity index (χ4v) is 1.48. The molecule has 0 heterocycles. The van der Waals surface area contributed by atoms with Gasteiger partial charge in [0.25, 0.3) is 0 Å². The smallest absolute Gasteiger partial charge is 0.317 e. The molecule has 0 fully saturated rings. The van der Waals surface area contributed by atoms with Gasteiger partial charge in [0.05, 0.1) is 6.42 Å². The van der Waals surface area contributed by atoms with E-state index in [0.29, 0.717) is 19.5 Å². The predicted molar refractivity (Wildman–Crippen MR) is 65.6 cm³/mol. The van der Waals surface area contributed by atoms with Crippen LogP contribution in [0.1, 0.15) is 33.6 Å². The molecule has 0 bridgehead atoms. The first kappa shape index (κ1) is 15.3.